The number of hydrogen-bond acceptors (Lipinski definition) is 5. The highest BCUT2D eigenvalue weighted by atomic mass is 35.5. The SMILES string of the molecule is O=[N+]([O-])c1ccc(CNCC2CSCCS2)c(Cl)c1. The number of nitro groups is 1. The number of nitrogens with one attached hydrogen (secondary N) is 1. The zero-order valence-electron chi connectivity index (χ0n) is 10.3. The Bertz CT molecular complexity index is 453. The molecular formula is C12H15ClN2O2S2. The van der Waals surface area contributed by atoms with Crippen molar-refractivity contribution in [2.45, 2.75) is 11.8 Å². The number of thioether (sulfide) groups is 2. The van der Waals surface area contributed by atoms with E-state index in [9.17, 15) is 10.1 Å². The summed E-state index contributed by atoms with van der Waals surface area (Å²) in [6.07, 6.45) is 0. The summed E-state index contributed by atoms with van der Waals surface area (Å²) in [5, 5.41) is 15.1. The van der Waals surface area contributed by atoms with Crippen molar-refractivity contribution in [2.24, 2.45) is 0 Å². The van der Waals surface area contributed by atoms with Gasteiger partial charge in [0.15, 0.2) is 0 Å². The summed E-state index contributed by atoms with van der Waals surface area (Å²) in [6, 6.07) is 4.62. The standard InChI is InChI=1S/C12H15ClN2O2S2/c13-12-5-10(15(16)17)2-1-9(12)6-14-7-11-8-18-3-4-19-11/h1-2,5,11,14H,3-4,6-8H2. The van der Waals surface area contributed by atoms with E-state index in [0.717, 1.165) is 12.1 Å². The lowest BCUT2D eigenvalue weighted by Gasteiger charge is -2.21. The molecule has 7 heteroatoms. The van der Waals surface area contributed by atoms with Gasteiger partial charge in [-0.05, 0) is 11.6 Å². The zero-order valence-corrected chi connectivity index (χ0v) is 12.7. The fourth-order valence-electron chi connectivity index (χ4n) is 1.82. The van der Waals surface area contributed by atoms with E-state index in [1.807, 2.05) is 23.5 Å². The third-order valence-corrected chi connectivity index (χ3v) is 6.02. The van der Waals surface area contributed by atoms with Crippen LogP contribution in [0.4, 0.5) is 5.69 Å². The van der Waals surface area contributed by atoms with Crippen molar-refractivity contribution in [1.29, 1.82) is 0 Å². The molecule has 1 N–H and O–H groups in total. The van der Waals surface area contributed by atoms with Crippen LogP contribution in [0.15, 0.2) is 18.2 Å². The summed E-state index contributed by atoms with van der Waals surface area (Å²) in [4.78, 5) is 10.2. The van der Waals surface area contributed by atoms with E-state index in [0.29, 0.717) is 16.8 Å². The Morgan fingerprint density at radius 2 is 2.32 bits per heavy atom. The average Bonchev–Trinajstić information content (AvgIpc) is 2.41. The lowest BCUT2D eigenvalue weighted by molar-refractivity contribution is -0.384. The predicted octanol–water partition coefficient (Wildman–Crippen LogP) is 3.19. The minimum atomic E-state index is -0.432. The van der Waals surface area contributed by atoms with Crippen LogP contribution in [0.3, 0.4) is 0 Å². The Morgan fingerprint density at radius 3 is 2.95 bits per heavy atom. The number of benzene rings is 1. The van der Waals surface area contributed by atoms with Crippen molar-refractivity contribution in [3.8, 4) is 0 Å². The second-order valence-corrected chi connectivity index (χ2v) is 7.20. The third kappa shape index (κ3) is 4.56. The summed E-state index contributed by atoms with van der Waals surface area (Å²) >= 11 is 10.0. The highest BCUT2D eigenvalue weighted by Gasteiger charge is 2.14. The van der Waals surface area contributed by atoms with Gasteiger partial charge in [0.2, 0.25) is 0 Å². The second kappa shape index (κ2) is 7.38. The highest BCUT2D eigenvalue weighted by molar-refractivity contribution is 8.06. The van der Waals surface area contributed by atoms with Crippen LogP contribution < -0.4 is 5.32 Å². The van der Waals surface area contributed by atoms with Gasteiger partial charge < -0.3 is 5.32 Å². The molecule has 1 aliphatic rings. The van der Waals surface area contributed by atoms with Crippen LogP contribution in [-0.2, 0) is 6.54 Å². The van der Waals surface area contributed by atoms with Crippen LogP contribution in [0, 0.1) is 10.1 Å². The molecule has 1 aromatic rings. The van der Waals surface area contributed by atoms with E-state index in [1.165, 1.54) is 29.4 Å². The molecule has 0 saturated carbocycles. The summed E-state index contributed by atoms with van der Waals surface area (Å²) in [5.41, 5.74) is 0.939. The van der Waals surface area contributed by atoms with Gasteiger partial charge in [-0.1, -0.05) is 11.6 Å². The van der Waals surface area contributed by atoms with Crippen molar-refractivity contribution in [2.75, 3.05) is 23.8 Å². The van der Waals surface area contributed by atoms with E-state index < -0.39 is 4.92 Å². The quantitative estimate of drug-likeness (QED) is 0.667. The van der Waals surface area contributed by atoms with Gasteiger partial charge in [0.1, 0.15) is 0 Å². The van der Waals surface area contributed by atoms with Gasteiger partial charge in [-0.15, -0.1) is 0 Å². The molecule has 1 unspecified atom stereocenters. The van der Waals surface area contributed by atoms with Crippen LogP contribution in [0.25, 0.3) is 0 Å². The van der Waals surface area contributed by atoms with Crippen molar-refractivity contribution in [3.63, 3.8) is 0 Å². The topological polar surface area (TPSA) is 55.2 Å². The first kappa shape index (κ1) is 15.0. The molecule has 1 atom stereocenters. The Balaban J connectivity index is 1.83. The largest absolute Gasteiger partial charge is 0.311 e. The first-order chi connectivity index (χ1) is 9.16. The van der Waals surface area contributed by atoms with Gasteiger partial charge in [0, 0.05) is 47.7 Å². The summed E-state index contributed by atoms with van der Waals surface area (Å²) in [7, 11) is 0. The number of nitrogens with zero attached hydrogens (tertiary/aromatic N) is 1. The minimum Gasteiger partial charge on any atom is -0.311 e. The van der Waals surface area contributed by atoms with Crippen molar-refractivity contribution in [3.05, 3.63) is 38.9 Å². The van der Waals surface area contributed by atoms with E-state index >= 15 is 0 Å². The minimum absolute atomic E-state index is 0.0352. The van der Waals surface area contributed by atoms with Crippen molar-refractivity contribution < 1.29 is 4.92 Å². The molecule has 0 radical (unpaired) electrons. The molecular weight excluding hydrogens is 304 g/mol. The van der Waals surface area contributed by atoms with E-state index in [4.69, 9.17) is 11.6 Å². The Hall–Kier alpha value is -0.430. The molecule has 0 amide bonds. The fraction of sp³-hybridized carbons (Fsp3) is 0.500. The molecule has 4 nitrogen and oxygen atoms in total. The molecule has 0 bridgehead atoms. The maximum Gasteiger partial charge on any atom is 0.270 e. The van der Waals surface area contributed by atoms with E-state index in [1.54, 1.807) is 6.07 Å². The van der Waals surface area contributed by atoms with Crippen LogP contribution in [0.2, 0.25) is 5.02 Å². The first-order valence-electron chi connectivity index (χ1n) is 5.99. The van der Waals surface area contributed by atoms with Gasteiger partial charge in [-0.3, -0.25) is 10.1 Å². The summed E-state index contributed by atoms with van der Waals surface area (Å²) < 4.78 is 0. The molecule has 0 aliphatic carbocycles. The zero-order chi connectivity index (χ0) is 13.7. The molecule has 0 spiro atoms. The molecule has 1 aliphatic heterocycles. The molecule has 2 rings (SSSR count). The number of halogens is 1. The Kier molecular flexibility index (Phi) is 5.81. The smallest absolute Gasteiger partial charge is 0.270 e. The molecule has 104 valence electrons. The highest BCUT2D eigenvalue weighted by Crippen LogP contribution is 2.24. The fourth-order valence-corrected chi connectivity index (χ4v) is 4.70. The van der Waals surface area contributed by atoms with Crippen LogP contribution in [0.5, 0.6) is 0 Å². The number of non-ortho nitro benzene ring substituents is 1. The van der Waals surface area contributed by atoms with Crippen molar-refractivity contribution >= 4 is 40.8 Å². The van der Waals surface area contributed by atoms with Gasteiger partial charge in [-0.25, -0.2) is 0 Å². The first-order valence-corrected chi connectivity index (χ1v) is 8.58. The van der Waals surface area contributed by atoms with Crippen LogP contribution in [0.1, 0.15) is 5.56 Å². The van der Waals surface area contributed by atoms with Crippen LogP contribution >= 0.6 is 35.1 Å². The van der Waals surface area contributed by atoms with E-state index in [2.05, 4.69) is 5.32 Å². The predicted molar refractivity (Wildman–Crippen MR) is 83.4 cm³/mol. The summed E-state index contributed by atoms with van der Waals surface area (Å²) in [5.74, 6) is 3.65. The van der Waals surface area contributed by atoms with Gasteiger partial charge in [-0.2, -0.15) is 23.5 Å². The lowest BCUT2D eigenvalue weighted by Crippen LogP contribution is -2.28. The molecule has 1 aromatic carbocycles. The number of hydrogen-bond donors (Lipinski definition) is 1. The van der Waals surface area contributed by atoms with Gasteiger partial charge in [0.05, 0.1) is 9.95 Å². The summed E-state index contributed by atoms with van der Waals surface area (Å²) in [6.45, 7) is 1.60. The van der Waals surface area contributed by atoms with Gasteiger partial charge in [0.25, 0.3) is 5.69 Å². The molecule has 19 heavy (non-hydrogen) atoms. The molecule has 1 saturated heterocycles. The number of rotatable bonds is 5. The van der Waals surface area contributed by atoms with E-state index in [-0.39, 0.29) is 5.69 Å². The van der Waals surface area contributed by atoms with Gasteiger partial charge >= 0.3 is 0 Å². The maximum absolute atomic E-state index is 10.6. The Morgan fingerprint density at radius 1 is 1.47 bits per heavy atom. The van der Waals surface area contributed by atoms with Crippen LogP contribution in [-0.4, -0.2) is 34.0 Å². The number of nitro benzene ring substituents is 1. The third-order valence-electron chi connectivity index (χ3n) is 2.82. The Labute approximate surface area is 125 Å². The maximum atomic E-state index is 10.6. The molecule has 1 heterocycles. The lowest BCUT2D eigenvalue weighted by atomic mass is 10.2. The molecule has 0 aromatic heterocycles. The van der Waals surface area contributed by atoms with Crippen molar-refractivity contribution in [1.82, 2.24) is 5.32 Å². The monoisotopic (exact) mass is 318 g/mol. The second-order valence-electron chi connectivity index (χ2n) is 4.23. The molecule has 1 fully saturated rings. The normalized spacial score (nSPS) is 19.3. The average molecular weight is 319 g/mol.